The van der Waals surface area contributed by atoms with Crippen molar-refractivity contribution >= 4 is 22.6 Å². The average molecular weight is 445 g/mol. The number of likely N-dealkylation sites (N-methyl/N-ethyl adjacent to an activating group) is 1. The molecule has 0 N–H and O–H groups in total. The molecule has 7 heteroatoms. The van der Waals surface area contributed by atoms with Crippen molar-refractivity contribution < 1.29 is 4.79 Å². The second-order valence-electron chi connectivity index (χ2n) is 9.51. The van der Waals surface area contributed by atoms with E-state index in [2.05, 4.69) is 53.1 Å². The van der Waals surface area contributed by atoms with Crippen LogP contribution in [0, 0.1) is 0 Å². The van der Waals surface area contributed by atoms with Crippen molar-refractivity contribution in [2.45, 2.75) is 45.2 Å². The van der Waals surface area contributed by atoms with Gasteiger partial charge >= 0.3 is 0 Å². The molecule has 4 heterocycles. The van der Waals surface area contributed by atoms with Crippen LogP contribution < -0.4 is 4.90 Å². The summed E-state index contributed by atoms with van der Waals surface area (Å²) in [7, 11) is 4.29. The standard InChI is InChI=1S/C26H32N6O/c1-18(33)32-13-10-22-24(17-32)28-25(21-7-5-12-30(2)16-21)29-26(22)31(3)15-19-8-9-23-20(14-19)6-4-11-27-23/h4,6,8-9,11,14,21H,5,7,10,12-13,15-17H2,1-3H3/t21-/m0/s1. The second-order valence-corrected chi connectivity index (χ2v) is 9.51. The number of hydrogen-bond acceptors (Lipinski definition) is 6. The van der Waals surface area contributed by atoms with Crippen LogP contribution in [-0.2, 0) is 24.3 Å². The molecule has 1 fully saturated rings. The van der Waals surface area contributed by atoms with Gasteiger partial charge in [0, 0.05) is 56.7 Å². The summed E-state index contributed by atoms with van der Waals surface area (Å²) in [6.07, 6.45) is 4.90. The minimum Gasteiger partial charge on any atom is -0.355 e. The van der Waals surface area contributed by atoms with E-state index in [-0.39, 0.29) is 5.91 Å². The Morgan fingerprint density at radius 1 is 1.21 bits per heavy atom. The zero-order valence-corrected chi connectivity index (χ0v) is 19.8. The van der Waals surface area contributed by atoms with Gasteiger partial charge in [0.2, 0.25) is 5.91 Å². The Morgan fingerprint density at radius 2 is 2.09 bits per heavy atom. The normalized spacial score (nSPS) is 18.9. The van der Waals surface area contributed by atoms with Gasteiger partial charge < -0.3 is 14.7 Å². The molecule has 3 aromatic rings. The molecule has 1 saturated heterocycles. The van der Waals surface area contributed by atoms with E-state index >= 15 is 0 Å². The Bertz CT molecular complexity index is 1180. The average Bonchev–Trinajstić information content (AvgIpc) is 2.82. The van der Waals surface area contributed by atoms with Gasteiger partial charge in [-0.1, -0.05) is 12.1 Å². The number of amides is 1. The minimum atomic E-state index is 0.109. The van der Waals surface area contributed by atoms with E-state index in [0.29, 0.717) is 12.5 Å². The molecule has 1 aromatic carbocycles. The number of benzene rings is 1. The smallest absolute Gasteiger partial charge is 0.219 e. The van der Waals surface area contributed by atoms with Crippen molar-refractivity contribution in [3.05, 3.63) is 59.2 Å². The number of hydrogen-bond donors (Lipinski definition) is 0. The summed E-state index contributed by atoms with van der Waals surface area (Å²) in [4.78, 5) is 33.2. The van der Waals surface area contributed by atoms with Gasteiger partial charge in [-0.3, -0.25) is 9.78 Å². The quantitative estimate of drug-likeness (QED) is 0.615. The molecular formula is C26H32N6O. The second kappa shape index (κ2) is 9.06. The van der Waals surface area contributed by atoms with Crippen molar-refractivity contribution in [3.8, 4) is 0 Å². The third kappa shape index (κ3) is 4.55. The Kier molecular flexibility index (Phi) is 5.98. The van der Waals surface area contributed by atoms with E-state index in [9.17, 15) is 4.79 Å². The van der Waals surface area contributed by atoms with E-state index in [1.54, 1.807) is 6.92 Å². The van der Waals surface area contributed by atoms with E-state index in [1.165, 1.54) is 11.1 Å². The predicted octanol–water partition coefficient (Wildman–Crippen LogP) is 3.38. The molecule has 7 nitrogen and oxygen atoms in total. The van der Waals surface area contributed by atoms with Crippen LogP contribution in [0.2, 0.25) is 0 Å². The number of fused-ring (bicyclic) bond motifs is 2. The van der Waals surface area contributed by atoms with E-state index in [4.69, 9.17) is 9.97 Å². The molecule has 0 aliphatic carbocycles. The zero-order valence-electron chi connectivity index (χ0n) is 19.8. The minimum absolute atomic E-state index is 0.109. The van der Waals surface area contributed by atoms with Crippen LogP contribution in [0.1, 0.15) is 48.3 Å². The lowest BCUT2D eigenvalue weighted by molar-refractivity contribution is -0.129. The van der Waals surface area contributed by atoms with Crippen LogP contribution in [-0.4, -0.2) is 64.4 Å². The number of rotatable bonds is 4. The Labute approximate surface area is 195 Å². The fourth-order valence-electron chi connectivity index (χ4n) is 5.15. The lowest BCUT2D eigenvalue weighted by Crippen LogP contribution is -2.37. The predicted molar refractivity (Wildman–Crippen MR) is 130 cm³/mol. The number of nitrogens with zero attached hydrogens (tertiary/aromatic N) is 6. The molecule has 5 rings (SSSR count). The first-order valence-corrected chi connectivity index (χ1v) is 11.9. The summed E-state index contributed by atoms with van der Waals surface area (Å²) in [5.74, 6) is 2.38. The molecule has 2 aliphatic rings. The van der Waals surface area contributed by atoms with Gasteiger partial charge in [0.1, 0.15) is 11.6 Å². The number of pyridine rings is 1. The van der Waals surface area contributed by atoms with Crippen LogP contribution in [0.15, 0.2) is 36.5 Å². The summed E-state index contributed by atoms with van der Waals surface area (Å²) in [6, 6.07) is 10.5. The molecule has 0 radical (unpaired) electrons. The van der Waals surface area contributed by atoms with Crippen LogP contribution in [0.5, 0.6) is 0 Å². The van der Waals surface area contributed by atoms with Crippen LogP contribution in [0.25, 0.3) is 10.9 Å². The fourth-order valence-corrected chi connectivity index (χ4v) is 5.15. The highest BCUT2D eigenvalue weighted by Crippen LogP contribution is 2.31. The van der Waals surface area contributed by atoms with Gasteiger partial charge in [0.15, 0.2) is 0 Å². The maximum Gasteiger partial charge on any atom is 0.219 e. The highest BCUT2D eigenvalue weighted by Gasteiger charge is 2.28. The van der Waals surface area contributed by atoms with E-state index in [1.807, 2.05) is 17.2 Å². The molecule has 0 unspecified atom stereocenters. The molecule has 0 saturated carbocycles. The summed E-state index contributed by atoms with van der Waals surface area (Å²) < 4.78 is 0. The summed E-state index contributed by atoms with van der Waals surface area (Å²) in [5, 5.41) is 1.15. The van der Waals surface area contributed by atoms with Gasteiger partial charge in [-0.2, -0.15) is 0 Å². The van der Waals surface area contributed by atoms with Crippen molar-refractivity contribution in [1.82, 2.24) is 24.8 Å². The number of carbonyl (C=O) groups excluding carboxylic acids is 1. The third-order valence-corrected chi connectivity index (χ3v) is 6.94. The summed E-state index contributed by atoms with van der Waals surface area (Å²) in [5.41, 5.74) is 4.44. The van der Waals surface area contributed by atoms with Crippen LogP contribution in [0.3, 0.4) is 0 Å². The first kappa shape index (κ1) is 21.8. The first-order chi connectivity index (χ1) is 16.0. The van der Waals surface area contributed by atoms with Gasteiger partial charge in [-0.25, -0.2) is 9.97 Å². The summed E-state index contributed by atoms with van der Waals surface area (Å²) in [6.45, 7) is 5.81. The monoisotopic (exact) mass is 444 g/mol. The molecule has 2 aromatic heterocycles. The molecular weight excluding hydrogens is 412 g/mol. The van der Waals surface area contributed by atoms with E-state index in [0.717, 1.165) is 73.7 Å². The number of piperidine rings is 1. The van der Waals surface area contributed by atoms with Gasteiger partial charge in [0.05, 0.1) is 17.8 Å². The van der Waals surface area contributed by atoms with Crippen LogP contribution in [0.4, 0.5) is 5.82 Å². The number of carbonyl (C=O) groups is 1. The number of likely N-dealkylation sites (tertiary alicyclic amines) is 1. The van der Waals surface area contributed by atoms with Crippen molar-refractivity contribution in [3.63, 3.8) is 0 Å². The van der Waals surface area contributed by atoms with E-state index < -0.39 is 0 Å². The highest BCUT2D eigenvalue weighted by atomic mass is 16.2. The molecule has 2 aliphatic heterocycles. The highest BCUT2D eigenvalue weighted by molar-refractivity contribution is 5.79. The maximum absolute atomic E-state index is 12.1. The lowest BCUT2D eigenvalue weighted by Gasteiger charge is -2.33. The fraction of sp³-hybridized carbons (Fsp3) is 0.462. The summed E-state index contributed by atoms with van der Waals surface area (Å²) >= 11 is 0. The van der Waals surface area contributed by atoms with Gasteiger partial charge in [-0.05, 0) is 56.6 Å². The topological polar surface area (TPSA) is 65.5 Å². The lowest BCUT2D eigenvalue weighted by atomic mass is 9.96. The molecule has 172 valence electrons. The third-order valence-electron chi connectivity index (χ3n) is 6.94. The largest absolute Gasteiger partial charge is 0.355 e. The van der Waals surface area contributed by atoms with Crippen molar-refractivity contribution in [2.24, 2.45) is 0 Å². The SMILES string of the molecule is CC(=O)N1CCc2c(nc([C@H]3CCCN(C)C3)nc2N(C)Cc2ccc3ncccc3c2)C1. The molecule has 33 heavy (non-hydrogen) atoms. The molecule has 0 bridgehead atoms. The zero-order chi connectivity index (χ0) is 22.9. The Balaban J connectivity index is 1.49. The number of aromatic nitrogens is 3. The Morgan fingerprint density at radius 3 is 2.91 bits per heavy atom. The van der Waals surface area contributed by atoms with Gasteiger partial charge in [0.25, 0.3) is 0 Å². The van der Waals surface area contributed by atoms with Crippen LogP contribution >= 0.6 is 0 Å². The maximum atomic E-state index is 12.1. The van der Waals surface area contributed by atoms with Gasteiger partial charge in [-0.15, -0.1) is 0 Å². The molecule has 1 amide bonds. The molecule has 0 spiro atoms. The molecule has 1 atom stereocenters. The first-order valence-electron chi connectivity index (χ1n) is 11.9. The Hall–Kier alpha value is -3.06. The number of anilines is 1. The van der Waals surface area contributed by atoms with Crippen molar-refractivity contribution in [2.75, 3.05) is 38.6 Å². The van der Waals surface area contributed by atoms with Crippen molar-refractivity contribution in [1.29, 1.82) is 0 Å².